The molecule has 0 atom stereocenters. The van der Waals surface area contributed by atoms with Gasteiger partial charge in [0.25, 0.3) is 0 Å². The molecule has 0 fully saturated rings. The third-order valence-corrected chi connectivity index (χ3v) is 1.84. The molecule has 0 bridgehead atoms. The van der Waals surface area contributed by atoms with Gasteiger partial charge in [0.2, 0.25) is 0 Å². The lowest BCUT2D eigenvalue weighted by Crippen LogP contribution is -2.10. The van der Waals surface area contributed by atoms with Gasteiger partial charge in [0.05, 0.1) is 0 Å². The molecule has 0 N–H and O–H groups in total. The van der Waals surface area contributed by atoms with Crippen LogP contribution < -0.4 is 0 Å². The molecule has 2 heteroatoms. The van der Waals surface area contributed by atoms with Crippen LogP contribution in [0, 0.1) is 0 Å². The molecule has 1 aliphatic rings. The average molecular weight is 218 g/mol. The smallest absolute Gasteiger partial charge is 0.186 e. The minimum Gasteiger partial charge on any atom is -0.289 e. The molecule has 1 aromatic rings. The van der Waals surface area contributed by atoms with Crippen molar-refractivity contribution < 1.29 is 9.59 Å². The van der Waals surface area contributed by atoms with Crippen LogP contribution in [0.5, 0.6) is 0 Å². The van der Waals surface area contributed by atoms with E-state index in [-0.39, 0.29) is 11.6 Å². The second-order valence-electron chi connectivity index (χ2n) is 2.61. The van der Waals surface area contributed by atoms with Crippen LogP contribution in [0.1, 0.15) is 48.4 Å². The number of allylic oxidation sites excluding steroid dienone is 2. The molecular weight excluding hydrogens is 200 g/mol. The summed E-state index contributed by atoms with van der Waals surface area (Å²) in [5.74, 6) is -0.185. The number of benzene rings is 1. The summed E-state index contributed by atoms with van der Waals surface area (Å²) < 4.78 is 0. The summed E-state index contributed by atoms with van der Waals surface area (Å²) in [4.78, 5) is 22.4. The molecule has 0 spiro atoms. The lowest BCUT2D eigenvalue weighted by molar-refractivity contribution is 0.0994. The second kappa shape index (κ2) is 7.57. The zero-order valence-electron chi connectivity index (χ0n) is 10.3. The van der Waals surface area contributed by atoms with E-state index >= 15 is 0 Å². The zero-order chi connectivity index (χ0) is 12.6. The molecule has 0 radical (unpaired) electrons. The summed E-state index contributed by atoms with van der Waals surface area (Å²) in [6.45, 7) is 8.00. The molecule has 0 saturated heterocycles. The van der Waals surface area contributed by atoms with Crippen LogP contribution in [0.2, 0.25) is 0 Å². The lowest BCUT2D eigenvalue weighted by Gasteiger charge is -2.06. The van der Waals surface area contributed by atoms with Gasteiger partial charge in [0.1, 0.15) is 0 Å². The van der Waals surface area contributed by atoms with E-state index in [4.69, 9.17) is 0 Å². The van der Waals surface area contributed by atoms with Crippen LogP contribution >= 0.6 is 0 Å². The van der Waals surface area contributed by atoms with Gasteiger partial charge in [0, 0.05) is 11.1 Å². The fraction of sp³-hybridized carbons (Fsp3) is 0.286. The maximum Gasteiger partial charge on any atom is 0.186 e. The Morgan fingerprint density at radius 3 is 1.31 bits per heavy atom. The minimum atomic E-state index is -0.0924. The first kappa shape index (κ1) is 14.3. The van der Waals surface area contributed by atoms with E-state index in [1.165, 1.54) is 12.2 Å². The first-order valence-electron chi connectivity index (χ1n) is 5.65. The second-order valence-corrected chi connectivity index (χ2v) is 2.61. The van der Waals surface area contributed by atoms with Gasteiger partial charge in [-0.1, -0.05) is 52.0 Å². The Labute approximate surface area is 97.0 Å². The number of carbonyl (C=O) groups excluding carboxylic acids is 2. The van der Waals surface area contributed by atoms with E-state index in [0.717, 1.165) is 0 Å². The van der Waals surface area contributed by atoms with Gasteiger partial charge in [-0.15, -0.1) is 0 Å². The Balaban J connectivity index is 0.000000509. The summed E-state index contributed by atoms with van der Waals surface area (Å²) in [7, 11) is 0. The first-order chi connectivity index (χ1) is 7.79. The van der Waals surface area contributed by atoms with Crippen molar-refractivity contribution in [1.29, 1.82) is 0 Å². The van der Waals surface area contributed by atoms with Crippen molar-refractivity contribution in [3.05, 3.63) is 47.5 Å². The van der Waals surface area contributed by atoms with E-state index in [0.29, 0.717) is 11.1 Å². The van der Waals surface area contributed by atoms with Gasteiger partial charge in [-0.3, -0.25) is 9.59 Å². The zero-order valence-corrected chi connectivity index (χ0v) is 10.3. The molecule has 0 unspecified atom stereocenters. The fourth-order valence-corrected chi connectivity index (χ4v) is 1.24. The average Bonchev–Trinajstić information content (AvgIpc) is 2.39. The molecule has 2 nitrogen and oxygen atoms in total. The van der Waals surface area contributed by atoms with Crippen LogP contribution in [0.3, 0.4) is 0 Å². The Bertz CT molecular complexity index is 352. The van der Waals surface area contributed by atoms with E-state index in [1.807, 2.05) is 27.7 Å². The van der Waals surface area contributed by atoms with Crippen molar-refractivity contribution in [2.45, 2.75) is 27.7 Å². The van der Waals surface area contributed by atoms with Crippen LogP contribution in [-0.2, 0) is 0 Å². The minimum absolute atomic E-state index is 0.0924. The van der Waals surface area contributed by atoms with Gasteiger partial charge in [-0.05, 0) is 12.2 Å². The Kier molecular flexibility index (Phi) is 6.77. The van der Waals surface area contributed by atoms with Gasteiger partial charge in [-0.25, -0.2) is 0 Å². The third-order valence-electron chi connectivity index (χ3n) is 1.84. The van der Waals surface area contributed by atoms with Crippen LogP contribution in [0.15, 0.2) is 36.4 Å². The highest BCUT2D eigenvalue weighted by molar-refractivity contribution is 6.21. The number of hydrogen-bond donors (Lipinski definition) is 0. The molecule has 16 heavy (non-hydrogen) atoms. The van der Waals surface area contributed by atoms with E-state index in [2.05, 4.69) is 0 Å². The number of rotatable bonds is 0. The van der Waals surface area contributed by atoms with Crippen LogP contribution in [0.25, 0.3) is 0 Å². The molecule has 86 valence electrons. The maximum atomic E-state index is 11.2. The number of fused-ring (bicyclic) bond motifs is 1. The normalized spacial score (nSPS) is 11.8. The first-order valence-corrected chi connectivity index (χ1v) is 5.65. The predicted molar refractivity (Wildman–Crippen MR) is 66.9 cm³/mol. The lowest BCUT2D eigenvalue weighted by atomic mass is 9.95. The van der Waals surface area contributed by atoms with Crippen molar-refractivity contribution >= 4 is 11.6 Å². The highest BCUT2D eigenvalue weighted by Gasteiger charge is 2.16. The molecule has 0 aromatic heterocycles. The monoisotopic (exact) mass is 218 g/mol. The molecule has 2 rings (SSSR count). The number of ketones is 2. The summed E-state index contributed by atoms with van der Waals surface area (Å²) in [6.07, 6.45) is 2.62. The van der Waals surface area contributed by atoms with E-state index in [1.54, 1.807) is 24.3 Å². The van der Waals surface area contributed by atoms with Gasteiger partial charge in [-0.2, -0.15) is 0 Å². The maximum absolute atomic E-state index is 11.2. The van der Waals surface area contributed by atoms with Gasteiger partial charge < -0.3 is 0 Å². The summed E-state index contributed by atoms with van der Waals surface area (Å²) in [6, 6.07) is 6.84. The van der Waals surface area contributed by atoms with E-state index < -0.39 is 0 Å². The largest absolute Gasteiger partial charge is 0.289 e. The van der Waals surface area contributed by atoms with Crippen molar-refractivity contribution in [3.8, 4) is 0 Å². The van der Waals surface area contributed by atoms with Crippen LogP contribution in [0.4, 0.5) is 0 Å². The van der Waals surface area contributed by atoms with Crippen LogP contribution in [-0.4, -0.2) is 11.6 Å². The fourth-order valence-electron chi connectivity index (χ4n) is 1.24. The number of hydrogen-bond acceptors (Lipinski definition) is 2. The standard InChI is InChI=1S/C10H6O2.2C2H6/c11-9-5-6-10(12)8-4-2-1-3-7(8)9;2*1-2/h1-6H;2*1-2H3. The molecule has 0 saturated carbocycles. The highest BCUT2D eigenvalue weighted by atomic mass is 16.1. The summed E-state index contributed by atoms with van der Waals surface area (Å²) >= 11 is 0. The SMILES string of the molecule is CC.CC.O=C1C=CC(=O)c2ccccc21. The topological polar surface area (TPSA) is 34.1 Å². The third kappa shape index (κ3) is 3.16. The highest BCUT2D eigenvalue weighted by Crippen LogP contribution is 2.15. The molecule has 0 aliphatic heterocycles. The number of carbonyl (C=O) groups is 2. The van der Waals surface area contributed by atoms with Gasteiger partial charge >= 0.3 is 0 Å². The van der Waals surface area contributed by atoms with E-state index in [9.17, 15) is 9.59 Å². The Hall–Kier alpha value is -1.70. The Morgan fingerprint density at radius 2 is 1.00 bits per heavy atom. The quantitative estimate of drug-likeness (QED) is 0.665. The van der Waals surface area contributed by atoms with Crippen molar-refractivity contribution in [1.82, 2.24) is 0 Å². The molecule has 1 aliphatic carbocycles. The Morgan fingerprint density at radius 1 is 0.688 bits per heavy atom. The van der Waals surface area contributed by atoms with Crippen molar-refractivity contribution in [2.24, 2.45) is 0 Å². The molecule has 0 heterocycles. The predicted octanol–water partition coefficient (Wildman–Crippen LogP) is 3.67. The molecule has 0 amide bonds. The van der Waals surface area contributed by atoms with Crippen molar-refractivity contribution in [2.75, 3.05) is 0 Å². The van der Waals surface area contributed by atoms with Gasteiger partial charge in [0.15, 0.2) is 11.6 Å². The van der Waals surface area contributed by atoms with Crippen molar-refractivity contribution in [3.63, 3.8) is 0 Å². The summed E-state index contributed by atoms with van der Waals surface area (Å²) in [5.41, 5.74) is 1.01. The molecule has 1 aromatic carbocycles. The molecular formula is C14H18O2. The summed E-state index contributed by atoms with van der Waals surface area (Å²) in [5, 5.41) is 0.